The molecular weight excluding hydrogens is 220 g/mol. The number of amides is 1. The second-order valence-corrected chi connectivity index (χ2v) is 4.33. The Morgan fingerprint density at radius 3 is 2.82 bits per heavy atom. The van der Waals surface area contributed by atoms with E-state index in [1.807, 2.05) is 6.92 Å². The number of hydrogen-bond acceptors (Lipinski definition) is 3. The molecule has 0 radical (unpaired) electrons. The van der Waals surface area contributed by atoms with Gasteiger partial charge in [0.25, 0.3) is 5.91 Å². The summed E-state index contributed by atoms with van der Waals surface area (Å²) in [6.45, 7) is 2.67. The largest absolute Gasteiger partial charge is 0.481 e. The Labute approximate surface area is 99.1 Å². The van der Waals surface area contributed by atoms with Gasteiger partial charge in [-0.2, -0.15) is 0 Å². The van der Waals surface area contributed by atoms with E-state index in [0.717, 1.165) is 5.56 Å². The third-order valence-corrected chi connectivity index (χ3v) is 2.95. The summed E-state index contributed by atoms with van der Waals surface area (Å²) in [5.41, 5.74) is 1.45. The minimum Gasteiger partial charge on any atom is -0.481 e. The molecule has 17 heavy (non-hydrogen) atoms. The summed E-state index contributed by atoms with van der Waals surface area (Å²) in [5, 5.41) is 8.88. The van der Waals surface area contributed by atoms with E-state index in [0.29, 0.717) is 25.1 Å². The number of rotatable bonds is 2. The minimum atomic E-state index is -0.831. The number of pyridine rings is 1. The fourth-order valence-electron chi connectivity index (χ4n) is 2.00. The van der Waals surface area contributed by atoms with E-state index in [2.05, 4.69) is 4.98 Å². The zero-order chi connectivity index (χ0) is 12.4. The van der Waals surface area contributed by atoms with Gasteiger partial charge in [-0.25, -0.2) is 0 Å². The number of aromatic nitrogens is 1. The van der Waals surface area contributed by atoms with Crippen LogP contribution in [0.4, 0.5) is 0 Å². The molecule has 90 valence electrons. The van der Waals surface area contributed by atoms with Gasteiger partial charge in [0.15, 0.2) is 0 Å². The first kappa shape index (κ1) is 11.6. The highest BCUT2D eigenvalue weighted by Gasteiger charge is 2.31. The minimum absolute atomic E-state index is 0.134. The molecule has 0 aliphatic carbocycles. The van der Waals surface area contributed by atoms with Crippen molar-refractivity contribution in [1.29, 1.82) is 0 Å². The average molecular weight is 234 g/mol. The Kier molecular flexibility index (Phi) is 3.08. The quantitative estimate of drug-likeness (QED) is 0.826. The van der Waals surface area contributed by atoms with E-state index in [1.54, 1.807) is 17.2 Å². The van der Waals surface area contributed by atoms with E-state index in [1.165, 1.54) is 6.20 Å². The molecule has 0 spiro atoms. The fraction of sp³-hybridized carbons (Fsp3) is 0.417. The van der Waals surface area contributed by atoms with Crippen LogP contribution >= 0.6 is 0 Å². The van der Waals surface area contributed by atoms with Gasteiger partial charge in [-0.15, -0.1) is 0 Å². The van der Waals surface area contributed by atoms with Crippen LogP contribution in [0.25, 0.3) is 0 Å². The van der Waals surface area contributed by atoms with Gasteiger partial charge in [-0.3, -0.25) is 14.6 Å². The molecule has 1 saturated heterocycles. The van der Waals surface area contributed by atoms with Crippen molar-refractivity contribution < 1.29 is 14.7 Å². The highest BCUT2D eigenvalue weighted by molar-refractivity contribution is 5.94. The van der Waals surface area contributed by atoms with Crippen molar-refractivity contribution in [1.82, 2.24) is 9.88 Å². The Balaban J connectivity index is 2.09. The van der Waals surface area contributed by atoms with Crippen molar-refractivity contribution in [2.75, 3.05) is 13.1 Å². The van der Waals surface area contributed by atoms with Crippen LogP contribution in [0, 0.1) is 12.8 Å². The third kappa shape index (κ3) is 2.43. The molecular formula is C12H14N2O3. The van der Waals surface area contributed by atoms with Gasteiger partial charge >= 0.3 is 5.97 Å². The first-order valence-corrected chi connectivity index (χ1v) is 5.51. The average Bonchev–Trinajstić information content (AvgIpc) is 2.77. The van der Waals surface area contributed by atoms with Gasteiger partial charge in [0, 0.05) is 25.5 Å². The number of aryl methyl sites for hydroxylation is 1. The molecule has 2 heterocycles. The molecule has 1 aromatic rings. The maximum absolute atomic E-state index is 12.1. The van der Waals surface area contributed by atoms with Gasteiger partial charge in [-0.05, 0) is 25.0 Å². The van der Waals surface area contributed by atoms with E-state index >= 15 is 0 Å². The van der Waals surface area contributed by atoms with Crippen LogP contribution in [-0.4, -0.2) is 40.0 Å². The summed E-state index contributed by atoms with van der Waals surface area (Å²) >= 11 is 0. The molecule has 1 atom stereocenters. The lowest BCUT2D eigenvalue weighted by Gasteiger charge is -2.15. The van der Waals surface area contributed by atoms with Crippen molar-refractivity contribution in [3.63, 3.8) is 0 Å². The predicted molar refractivity (Wildman–Crippen MR) is 60.6 cm³/mol. The van der Waals surface area contributed by atoms with Gasteiger partial charge in [0.1, 0.15) is 0 Å². The number of likely N-dealkylation sites (tertiary alicyclic amines) is 1. The molecule has 0 aromatic carbocycles. The Bertz CT molecular complexity index is 459. The van der Waals surface area contributed by atoms with Gasteiger partial charge in [0.2, 0.25) is 0 Å². The van der Waals surface area contributed by atoms with Gasteiger partial charge in [-0.1, -0.05) is 0 Å². The van der Waals surface area contributed by atoms with Crippen LogP contribution < -0.4 is 0 Å². The van der Waals surface area contributed by atoms with Gasteiger partial charge < -0.3 is 10.0 Å². The normalized spacial score (nSPS) is 19.4. The number of carboxylic acid groups (broad SMARTS) is 1. The Hall–Kier alpha value is -1.91. The summed E-state index contributed by atoms with van der Waals surface area (Å²) < 4.78 is 0. The Morgan fingerprint density at radius 1 is 1.47 bits per heavy atom. The first-order valence-electron chi connectivity index (χ1n) is 5.51. The molecule has 1 unspecified atom stereocenters. The molecule has 5 heteroatoms. The molecule has 5 nitrogen and oxygen atoms in total. The van der Waals surface area contributed by atoms with Gasteiger partial charge in [0.05, 0.1) is 11.5 Å². The predicted octanol–water partition coefficient (Wildman–Crippen LogP) is 0.937. The summed E-state index contributed by atoms with van der Waals surface area (Å²) in [6, 6.07) is 1.77. The zero-order valence-corrected chi connectivity index (χ0v) is 9.59. The summed E-state index contributed by atoms with van der Waals surface area (Å²) in [7, 11) is 0. The SMILES string of the molecule is Cc1cncc(C(=O)N2CCC(C(=O)O)C2)c1. The second-order valence-electron chi connectivity index (χ2n) is 4.33. The van der Waals surface area contributed by atoms with Crippen LogP contribution in [0.15, 0.2) is 18.5 Å². The summed E-state index contributed by atoms with van der Waals surface area (Å²) in [4.78, 5) is 28.4. The van der Waals surface area contributed by atoms with Crippen LogP contribution in [0.3, 0.4) is 0 Å². The lowest BCUT2D eigenvalue weighted by molar-refractivity contribution is -0.141. The smallest absolute Gasteiger partial charge is 0.308 e. The van der Waals surface area contributed by atoms with Crippen LogP contribution in [-0.2, 0) is 4.79 Å². The maximum atomic E-state index is 12.1. The van der Waals surface area contributed by atoms with Crippen molar-refractivity contribution in [3.8, 4) is 0 Å². The molecule has 2 rings (SSSR count). The summed E-state index contributed by atoms with van der Waals surface area (Å²) in [6.07, 6.45) is 3.73. The number of nitrogens with zero attached hydrogens (tertiary/aromatic N) is 2. The number of aliphatic carboxylic acids is 1. The maximum Gasteiger partial charge on any atom is 0.308 e. The van der Waals surface area contributed by atoms with E-state index in [9.17, 15) is 9.59 Å². The molecule has 1 fully saturated rings. The van der Waals surface area contributed by atoms with Crippen LogP contribution in [0.1, 0.15) is 22.3 Å². The lowest BCUT2D eigenvalue weighted by Crippen LogP contribution is -2.30. The van der Waals surface area contributed by atoms with Crippen molar-refractivity contribution in [2.45, 2.75) is 13.3 Å². The summed E-state index contributed by atoms with van der Waals surface area (Å²) in [5.74, 6) is -1.40. The van der Waals surface area contributed by atoms with Crippen molar-refractivity contribution >= 4 is 11.9 Å². The van der Waals surface area contributed by atoms with Crippen LogP contribution in [0.2, 0.25) is 0 Å². The third-order valence-electron chi connectivity index (χ3n) is 2.95. The molecule has 1 N–H and O–H groups in total. The van der Waals surface area contributed by atoms with Crippen molar-refractivity contribution in [2.24, 2.45) is 5.92 Å². The molecule has 0 saturated carbocycles. The topological polar surface area (TPSA) is 70.5 Å². The molecule has 1 aromatic heterocycles. The van der Waals surface area contributed by atoms with E-state index < -0.39 is 11.9 Å². The second kappa shape index (κ2) is 4.53. The first-order chi connectivity index (χ1) is 8.08. The molecule has 1 amide bonds. The zero-order valence-electron chi connectivity index (χ0n) is 9.59. The van der Waals surface area contributed by atoms with E-state index in [-0.39, 0.29) is 5.91 Å². The number of carbonyl (C=O) groups excluding carboxylic acids is 1. The molecule has 1 aliphatic heterocycles. The number of hydrogen-bond donors (Lipinski definition) is 1. The lowest BCUT2D eigenvalue weighted by atomic mass is 10.1. The molecule has 1 aliphatic rings. The number of carboxylic acids is 1. The molecule has 0 bridgehead atoms. The van der Waals surface area contributed by atoms with Crippen molar-refractivity contribution in [3.05, 3.63) is 29.6 Å². The standard InChI is InChI=1S/C12H14N2O3/c1-8-4-10(6-13-5-8)11(15)14-3-2-9(7-14)12(16)17/h4-6,9H,2-3,7H2,1H3,(H,16,17). The van der Waals surface area contributed by atoms with Crippen LogP contribution in [0.5, 0.6) is 0 Å². The monoisotopic (exact) mass is 234 g/mol. The highest BCUT2D eigenvalue weighted by atomic mass is 16.4. The Morgan fingerprint density at radius 2 is 2.24 bits per heavy atom. The number of carbonyl (C=O) groups is 2. The fourth-order valence-corrected chi connectivity index (χ4v) is 2.00. The van der Waals surface area contributed by atoms with E-state index in [4.69, 9.17) is 5.11 Å². The highest BCUT2D eigenvalue weighted by Crippen LogP contribution is 2.18.